The van der Waals surface area contributed by atoms with Crippen LogP contribution in [0.2, 0.25) is 10.0 Å². The molecule has 0 aliphatic carbocycles. The van der Waals surface area contributed by atoms with Gasteiger partial charge in [0.05, 0.1) is 10.0 Å². The van der Waals surface area contributed by atoms with Crippen molar-refractivity contribution in [2.24, 2.45) is 0 Å². The van der Waals surface area contributed by atoms with Crippen LogP contribution < -0.4 is 11.1 Å². The van der Waals surface area contributed by atoms with Crippen LogP contribution in [0.25, 0.3) is 0 Å². The lowest BCUT2D eigenvalue weighted by Crippen LogP contribution is -2.38. The molecule has 0 aromatic heterocycles. The van der Waals surface area contributed by atoms with E-state index in [9.17, 15) is 9.90 Å². The van der Waals surface area contributed by atoms with Crippen molar-refractivity contribution in [3.63, 3.8) is 0 Å². The molecule has 4 N–H and O–H groups in total. The van der Waals surface area contributed by atoms with E-state index in [-0.39, 0.29) is 6.54 Å². The lowest BCUT2D eigenvalue weighted by Gasteiger charge is -2.16. The summed E-state index contributed by atoms with van der Waals surface area (Å²) in [6.07, 6.45) is 0.369. The molecule has 0 heterocycles. The van der Waals surface area contributed by atoms with Gasteiger partial charge in [0.1, 0.15) is 6.04 Å². The molecule has 4 nitrogen and oxygen atoms in total. The molecule has 0 aliphatic heterocycles. The van der Waals surface area contributed by atoms with Gasteiger partial charge in [-0.25, -0.2) is 0 Å². The molecule has 0 bridgehead atoms. The van der Waals surface area contributed by atoms with Crippen LogP contribution in [0.1, 0.15) is 11.1 Å². The van der Waals surface area contributed by atoms with Crippen molar-refractivity contribution in [1.82, 2.24) is 5.32 Å². The summed E-state index contributed by atoms with van der Waals surface area (Å²) in [6.45, 7) is 0.231. The fourth-order valence-electron chi connectivity index (χ4n) is 2.11. The van der Waals surface area contributed by atoms with E-state index in [0.29, 0.717) is 27.7 Å². The second-order valence-electron chi connectivity index (χ2n) is 4.89. The second kappa shape index (κ2) is 7.49. The van der Waals surface area contributed by atoms with Gasteiger partial charge in [-0.1, -0.05) is 53.5 Å². The number of rotatable bonds is 6. The van der Waals surface area contributed by atoms with Crippen LogP contribution in [0.15, 0.2) is 42.5 Å². The number of carbonyl (C=O) groups is 1. The molecule has 2 rings (SSSR count). The van der Waals surface area contributed by atoms with E-state index in [0.717, 1.165) is 5.56 Å². The van der Waals surface area contributed by atoms with Crippen LogP contribution in [0.5, 0.6) is 0 Å². The SMILES string of the molecule is Nc1ccc(Cl)c(Cl)c1CNC(Cc1ccccc1)C(=O)O. The molecule has 0 radical (unpaired) electrons. The van der Waals surface area contributed by atoms with Crippen molar-refractivity contribution in [1.29, 1.82) is 0 Å². The Hall–Kier alpha value is -1.75. The number of halogens is 2. The van der Waals surface area contributed by atoms with Crippen LogP contribution in [-0.4, -0.2) is 17.1 Å². The minimum atomic E-state index is -0.930. The monoisotopic (exact) mass is 338 g/mol. The number of hydrogen-bond donors (Lipinski definition) is 3. The number of anilines is 1. The van der Waals surface area contributed by atoms with E-state index in [2.05, 4.69) is 5.32 Å². The van der Waals surface area contributed by atoms with Crippen LogP contribution in [0.3, 0.4) is 0 Å². The quantitative estimate of drug-likeness (QED) is 0.706. The summed E-state index contributed by atoms with van der Waals surface area (Å²) in [5.41, 5.74) is 7.89. The average molecular weight is 339 g/mol. The molecular formula is C16H16Cl2N2O2. The Bertz CT molecular complexity index is 663. The molecule has 0 fully saturated rings. The first-order chi connectivity index (χ1) is 10.5. The Morgan fingerprint density at radius 3 is 2.50 bits per heavy atom. The summed E-state index contributed by atoms with van der Waals surface area (Å²) >= 11 is 12.1. The lowest BCUT2D eigenvalue weighted by atomic mass is 10.1. The van der Waals surface area contributed by atoms with E-state index >= 15 is 0 Å². The summed E-state index contributed by atoms with van der Waals surface area (Å²) < 4.78 is 0. The Morgan fingerprint density at radius 2 is 1.86 bits per heavy atom. The molecule has 22 heavy (non-hydrogen) atoms. The molecule has 0 saturated heterocycles. The maximum atomic E-state index is 11.4. The highest BCUT2D eigenvalue weighted by Gasteiger charge is 2.19. The van der Waals surface area contributed by atoms with Gasteiger partial charge < -0.3 is 10.8 Å². The molecule has 116 valence electrons. The van der Waals surface area contributed by atoms with Crippen LogP contribution in [-0.2, 0) is 17.8 Å². The minimum Gasteiger partial charge on any atom is -0.480 e. The van der Waals surface area contributed by atoms with E-state index < -0.39 is 12.0 Å². The standard InChI is InChI=1S/C16H16Cl2N2O2/c17-12-6-7-13(19)11(15(12)18)9-20-14(16(21)22)8-10-4-2-1-3-5-10/h1-7,14,20H,8-9,19H2,(H,21,22). The van der Waals surface area contributed by atoms with E-state index in [4.69, 9.17) is 28.9 Å². The summed E-state index contributed by atoms with van der Waals surface area (Å²) in [7, 11) is 0. The van der Waals surface area contributed by atoms with Gasteiger partial charge in [0.15, 0.2) is 0 Å². The Kier molecular flexibility index (Phi) is 5.66. The first-order valence-electron chi connectivity index (χ1n) is 6.71. The van der Waals surface area contributed by atoms with Crippen LogP contribution in [0.4, 0.5) is 5.69 Å². The maximum absolute atomic E-state index is 11.4. The number of nitrogen functional groups attached to an aromatic ring is 1. The molecule has 1 unspecified atom stereocenters. The highest BCUT2D eigenvalue weighted by molar-refractivity contribution is 6.42. The molecule has 0 spiro atoms. The molecule has 0 amide bonds. The Morgan fingerprint density at radius 1 is 1.18 bits per heavy atom. The zero-order valence-corrected chi connectivity index (χ0v) is 13.2. The third-order valence-electron chi connectivity index (χ3n) is 3.34. The lowest BCUT2D eigenvalue weighted by molar-refractivity contribution is -0.139. The van der Waals surface area contributed by atoms with Crippen molar-refractivity contribution in [3.05, 3.63) is 63.6 Å². The molecule has 0 saturated carbocycles. The fourth-order valence-corrected chi connectivity index (χ4v) is 2.53. The summed E-state index contributed by atoms with van der Waals surface area (Å²) in [6, 6.07) is 11.9. The predicted octanol–water partition coefficient (Wildman–Crippen LogP) is 3.36. The van der Waals surface area contributed by atoms with Gasteiger partial charge in [0.2, 0.25) is 0 Å². The van der Waals surface area contributed by atoms with Crippen molar-refractivity contribution in [2.45, 2.75) is 19.0 Å². The molecule has 6 heteroatoms. The second-order valence-corrected chi connectivity index (χ2v) is 5.68. The molecule has 1 atom stereocenters. The normalized spacial score (nSPS) is 12.1. The highest BCUT2D eigenvalue weighted by Crippen LogP contribution is 2.30. The first-order valence-corrected chi connectivity index (χ1v) is 7.47. The summed E-state index contributed by atoms with van der Waals surface area (Å²) in [5.74, 6) is -0.930. The topological polar surface area (TPSA) is 75.3 Å². The number of nitrogens with one attached hydrogen (secondary N) is 1. The van der Waals surface area contributed by atoms with E-state index in [1.807, 2.05) is 30.3 Å². The van der Waals surface area contributed by atoms with Crippen molar-refractivity contribution >= 4 is 34.9 Å². The molecular weight excluding hydrogens is 323 g/mol. The first kappa shape index (κ1) is 16.6. The number of aliphatic carboxylic acids is 1. The molecule has 0 aliphatic rings. The largest absolute Gasteiger partial charge is 0.480 e. The van der Waals surface area contributed by atoms with E-state index in [1.54, 1.807) is 12.1 Å². The van der Waals surface area contributed by atoms with Crippen LogP contribution >= 0.6 is 23.2 Å². The number of carboxylic acids is 1. The predicted molar refractivity (Wildman–Crippen MR) is 89.3 cm³/mol. The van der Waals surface area contributed by atoms with Gasteiger partial charge in [-0.3, -0.25) is 10.1 Å². The third kappa shape index (κ3) is 4.13. The average Bonchev–Trinajstić information content (AvgIpc) is 2.50. The smallest absolute Gasteiger partial charge is 0.321 e. The zero-order valence-electron chi connectivity index (χ0n) is 11.7. The van der Waals surface area contributed by atoms with Gasteiger partial charge in [0.25, 0.3) is 0 Å². The van der Waals surface area contributed by atoms with Gasteiger partial charge in [0, 0.05) is 17.8 Å². The van der Waals surface area contributed by atoms with Gasteiger partial charge in [-0.15, -0.1) is 0 Å². The van der Waals surface area contributed by atoms with Gasteiger partial charge >= 0.3 is 5.97 Å². The molecule has 2 aromatic carbocycles. The van der Waals surface area contributed by atoms with E-state index in [1.165, 1.54) is 0 Å². The third-order valence-corrected chi connectivity index (χ3v) is 4.18. The summed E-state index contributed by atoms with van der Waals surface area (Å²) in [5, 5.41) is 13.1. The minimum absolute atomic E-state index is 0.231. The van der Waals surface area contributed by atoms with Crippen LogP contribution in [0, 0.1) is 0 Å². The Balaban J connectivity index is 2.10. The summed E-state index contributed by atoms with van der Waals surface area (Å²) in [4.78, 5) is 11.4. The van der Waals surface area contributed by atoms with Gasteiger partial charge in [-0.05, 0) is 24.1 Å². The Labute approximate surface area is 138 Å². The number of benzene rings is 2. The van der Waals surface area contributed by atoms with Gasteiger partial charge in [-0.2, -0.15) is 0 Å². The zero-order chi connectivity index (χ0) is 16.1. The van der Waals surface area contributed by atoms with Crippen molar-refractivity contribution in [2.75, 3.05) is 5.73 Å². The van der Waals surface area contributed by atoms with Crippen molar-refractivity contribution in [3.8, 4) is 0 Å². The number of nitrogens with two attached hydrogens (primary N) is 1. The number of hydrogen-bond acceptors (Lipinski definition) is 3. The van der Waals surface area contributed by atoms with Crippen molar-refractivity contribution < 1.29 is 9.90 Å². The molecule has 2 aromatic rings. The maximum Gasteiger partial charge on any atom is 0.321 e. The highest BCUT2D eigenvalue weighted by atomic mass is 35.5. The fraction of sp³-hybridized carbons (Fsp3) is 0.188. The number of carboxylic acid groups (broad SMARTS) is 1.